The molecule has 0 bridgehead atoms. The second-order valence-corrected chi connectivity index (χ2v) is 4.01. The van der Waals surface area contributed by atoms with Crippen molar-refractivity contribution in [3.8, 4) is 10.6 Å². The molecular weight excluding hydrogens is 231 g/mol. The van der Waals surface area contributed by atoms with Crippen LogP contribution >= 0.6 is 34.5 Å². The van der Waals surface area contributed by atoms with Crippen LogP contribution < -0.4 is 5.73 Å². The Morgan fingerprint density at radius 1 is 1.46 bits per heavy atom. The third-order valence-corrected chi connectivity index (χ3v) is 3.19. The van der Waals surface area contributed by atoms with Crippen LogP contribution in [0.15, 0.2) is 16.0 Å². The van der Waals surface area contributed by atoms with Crippen molar-refractivity contribution in [1.82, 2.24) is 5.16 Å². The first-order valence-corrected chi connectivity index (χ1v) is 4.97. The maximum Gasteiger partial charge on any atom is 0.199 e. The average molecular weight is 235 g/mol. The summed E-state index contributed by atoms with van der Waals surface area (Å²) in [7, 11) is 0. The van der Waals surface area contributed by atoms with Gasteiger partial charge in [-0.15, -0.1) is 11.3 Å². The molecule has 0 amide bonds. The summed E-state index contributed by atoms with van der Waals surface area (Å²) in [5.74, 6) is 0.611. The van der Waals surface area contributed by atoms with Gasteiger partial charge in [0.1, 0.15) is 5.02 Å². The summed E-state index contributed by atoms with van der Waals surface area (Å²) in [6, 6.07) is 1.76. The number of hydrogen-bond donors (Lipinski definition) is 1. The van der Waals surface area contributed by atoms with E-state index in [0.29, 0.717) is 15.8 Å². The smallest absolute Gasteiger partial charge is 0.199 e. The minimum absolute atomic E-state index is 0.182. The van der Waals surface area contributed by atoms with Gasteiger partial charge in [0.25, 0.3) is 0 Å². The third kappa shape index (κ3) is 1.41. The lowest BCUT2D eigenvalue weighted by Crippen LogP contribution is -1.82. The van der Waals surface area contributed by atoms with Gasteiger partial charge in [0.15, 0.2) is 11.6 Å². The average Bonchev–Trinajstić information content (AvgIpc) is 2.62. The van der Waals surface area contributed by atoms with Crippen molar-refractivity contribution >= 4 is 40.4 Å². The van der Waals surface area contributed by atoms with Gasteiger partial charge in [0.2, 0.25) is 0 Å². The molecule has 0 aliphatic heterocycles. The quantitative estimate of drug-likeness (QED) is 0.824. The molecule has 2 rings (SSSR count). The lowest BCUT2D eigenvalue weighted by Gasteiger charge is -1.90. The normalized spacial score (nSPS) is 10.6. The standard InChI is InChI=1S/C7H4Cl2N2OS/c8-3-1-2-13-6(3)5-4(9)7(10)11-12-5/h1-2H,(H2,10,11). The summed E-state index contributed by atoms with van der Waals surface area (Å²) in [5.41, 5.74) is 5.42. The van der Waals surface area contributed by atoms with Gasteiger partial charge >= 0.3 is 0 Å². The number of halogens is 2. The van der Waals surface area contributed by atoms with E-state index in [2.05, 4.69) is 5.16 Å². The van der Waals surface area contributed by atoms with Crippen LogP contribution in [0.2, 0.25) is 10.0 Å². The molecule has 0 aromatic carbocycles. The Hall–Kier alpha value is -0.710. The van der Waals surface area contributed by atoms with Crippen LogP contribution in [0.1, 0.15) is 0 Å². The van der Waals surface area contributed by atoms with Gasteiger partial charge in [0.05, 0.1) is 9.90 Å². The zero-order valence-electron chi connectivity index (χ0n) is 6.25. The Bertz CT molecular complexity index is 437. The molecule has 2 N–H and O–H groups in total. The molecule has 68 valence electrons. The molecule has 0 saturated heterocycles. The van der Waals surface area contributed by atoms with Gasteiger partial charge in [-0.05, 0) is 11.4 Å². The Balaban J connectivity index is 2.59. The molecule has 2 heterocycles. The predicted molar refractivity (Wildman–Crippen MR) is 54.2 cm³/mol. The second kappa shape index (κ2) is 3.21. The summed E-state index contributed by atoms with van der Waals surface area (Å²) < 4.78 is 4.94. The fourth-order valence-corrected chi connectivity index (χ4v) is 2.23. The van der Waals surface area contributed by atoms with E-state index in [-0.39, 0.29) is 5.82 Å². The highest BCUT2D eigenvalue weighted by Gasteiger charge is 2.17. The molecule has 0 unspecified atom stereocenters. The first kappa shape index (κ1) is 8.87. The number of hydrogen-bond acceptors (Lipinski definition) is 4. The highest BCUT2D eigenvalue weighted by Crippen LogP contribution is 2.39. The SMILES string of the molecule is Nc1noc(-c2sccc2Cl)c1Cl. The highest BCUT2D eigenvalue weighted by atomic mass is 35.5. The molecule has 13 heavy (non-hydrogen) atoms. The number of nitrogen functional groups attached to an aromatic ring is 1. The summed E-state index contributed by atoms with van der Waals surface area (Å²) in [6.45, 7) is 0. The van der Waals surface area contributed by atoms with E-state index in [0.717, 1.165) is 4.88 Å². The molecule has 0 saturated carbocycles. The molecule has 0 aliphatic carbocycles. The van der Waals surface area contributed by atoms with Crippen molar-refractivity contribution < 1.29 is 4.52 Å². The Morgan fingerprint density at radius 3 is 2.69 bits per heavy atom. The number of nitrogens with zero attached hydrogens (tertiary/aromatic N) is 1. The van der Waals surface area contributed by atoms with Crippen molar-refractivity contribution in [3.05, 3.63) is 21.5 Å². The van der Waals surface area contributed by atoms with Crippen LogP contribution in [-0.4, -0.2) is 5.16 Å². The molecular formula is C7H4Cl2N2OS. The van der Waals surface area contributed by atoms with E-state index >= 15 is 0 Å². The van der Waals surface area contributed by atoms with Crippen molar-refractivity contribution in [3.63, 3.8) is 0 Å². The lowest BCUT2D eigenvalue weighted by molar-refractivity contribution is 0.437. The molecule has 6 heteroatoms. The summed E-state index contributed by atoms with van der Waals surface area (Å²) >= 11 is 13.1. The van der Waals surface area contributed by atoms with Crippen molar-refractivity contribution in [1.29, 1.82) is 0 Å². The zero-order chi connectivity index (χ0) is 9.42. The first-order valence-electron chi connectivity index (χ1n) is 3.34. The number of rotatable bonds is 1. The predicted octanol–water partition coefficient (Wildman–Crippen LogP) is 3.29. The number of anilines is 1. The molecule has 0 aliphatic rings. The largest absolute Gasteiger partial charge is 0.380 e. The van der Waals surface area contributed by atoms with Gasteiger partial charge < -0.3 is 10.3 Å². The van der Waals surface area contributed by atoms with E-state index in [4.69, 9.17) is 33.5 Å². The van der Waals surface area contributed by atoms with Gasteiger partial charge in [0, 0.05) is 0 Å². The van der Waals surface area contributed by atoms with E-state index in [1.54, 1.807) is 6.07 Å². The minimum Gasteiger partial charge on any atom is -0.380 e. The van der Waals surface area contributed by atoms with Crippen LogP contribution in [0.4, 0.5) is 5.82 Å². The Kier molecular flexibility index (Phi) is 2.19. The molecule has 2 aromatic rings. The lowest BCUT2D eigenvalue weighted by atomic mass is 10.3. The molecule has 0 spiro atoms. The molecule has 0 radical (unpaired) electrons. The van der Waals surface area contributed by atoms with Crippen molar-refractivity contribution in [2.45, 2.75) is 0 Å². The van der Waals surface area contributed by atoms with Crippen LogP contribution in [0.5, 0.6) is 0 Å². The number of aromatic nitrogens is 1. The van der Waals surface area contributed by atoms with Crippen molar-refractivity contribution in [2.24, 2.45) is 0 Å². The maximum atomic E-state index is 5.88. The zero-order valence-corrected chi connectivity index (χ0v) is 8.58. The number of nitrogens with two attached hydrogens (primary N) is 1. The Morgan fingerprint density at radius 2 is 2.23 bits per heavy atom. The van der Waals surface area contributed by atoms with E-state index < -0.39 is 0 Å². The summed E-state index contributed by atoms with van der Waals surface area (Å²) in [4.78, 5) is 0.746. The number of thiophene rings is 1. The molecule has 0 atom stereocenters. The first-order chi connectivity index (χ1) is 6.20. The van der Waals surface area contributed by atoms with Crippen LogP contribution in [0.25, 0.3) is 10.6 Å². The van der Waals surface area contributed by atoms with E-state index in [1.165, 1.54) is 11.3 Å². The molecule has 0 fully saturated rings. The fourth-order valence-electron chi connectivity index (χ4n) is 0.888. The van der Waals surface area contributed by atoms with Crippen molar-refractivity contribution in [2.75, 3.05) is 5.73 Å². The third-order valence-electron chi connectivity index (χ3n) is 1.48. The minimum atomic E-state index is 0.182. The Labute approximate surface area is 88.0 Å². The van der Waals surface area contributed by atoms with Crippen LogP contribution in [0, 0.1) is 0 Å². The highest BCUT2D eigenvalue weighted by molar-refractivity contribution is 7.14. The van der Waals surface area contributed by atoms with Crippen LogP contribution in [0.3, 0.4) is 0 Å². The molecule has 2 aromatic heterocycles. The van der Waals surface area contributed by atoms with Gasteiger partial charge in [-0.25, -0.2) is 0 Å². The monoisotopic (exact) mass is 234 g/mol. The van der Waals surface area contributed by atoms with Gasteiger partial charge in [-0.2, -0.15) is 0 Å². The molecule has 3 nitrogen and oxygen atoms in total. The second-order valence-electron chi connectivity index (χ2n) is 2.31. The van der Waals surface area contributed by atoms with E-state index in [1.807, 2.05) is 5.38 Å². The summed E-state index contributed by atoms with van der Waals surface area (Å²) in [6.07, 6.45) is 0. The summed E-state index contributed by atoms with van der Waals surface area (Å²) in [5, 5.41) is 6.27. The maximum absolute atomic E-state index is 5.88. The topological polar surface area (TPSA) is 52.0 Å². The van der Waals surface area contributed by atoms with Gasteiger partial charge in [-0.1, -0.05) is 28.4 Å². The van der Waals surface area contributed by atoms with E-state index in [9.17, 15) is 0 Å². The fraction of sp³-hybridized carbons (Fsp3) is 0. The van der Waals surface area contributed by atoms with Crippen LogP contribution in [-0.2, 0) is 0 Å². The van der Waals surface area contributed by atoms with Gasteiger partial charge in [-0.3, -0.25) is 0 Å².